The number of alkyl halides is 2. The van der Waals surface area contributed by atoms with E-state index >= 15 is 0 Å². The van der Waals surface area contributed by atoms with Crippen LogP contribution in [0.2, 0.25) is 0 Å². The molecule has 0 saturated carbocycles. The highest BCUT2D eigenvalue weighted by Crippen LogP contribution is 2.26. The monoisotopic (exact) mass is 272 g/mol. The average molecular weight is 272 g/mol. The standard InChI is InChI=1S/C13H18F2N2O2/c1-8(17-12(18)9(2)16-3)10-6-4-5-7-11(10)19-13(14)15/h4-9,13,16H,1-3H3,(H,17,18). The Morgan fingerprint density at radius 2 is 1.89 bits per heavy atom. The third-order valence-corrected chi connectivity index (χ3v) is 2.79. The van der Waals surface area contributed by atoms with Crippen LogP contribution in [0.3, 0.4) is 0 Å². The molecule has 2 atom stereocenters. The van der Waals surface area contributed by atoms with Gasteiger partial charge in [0.15, 0.2) is 0 Å². The number of benzene rings is 1. The number of amides is 1. The summed E-state index contributed by atoms with van der Waals surface area (Å²) in [5.41, 5.74) is 0.513. The van der Waals surface area contributed by atoms with Gasteiger partial charge in [-0.15, -0.1) is 0 Å². The molecule has 106 valence electrons. The van der Waals surface area contributed by atoms with Crippen molar-refractivity contribution in [3.8, 4) is 5.75 Å². The molecule has 1 aromatic carbocycles. The predicted octanol–water partition coefficient (Wildman–Crippen LogP) is 2.07. The topological polar surface area (TPSA) is 50.4 Å². The van der Waals surface area contributed by atoms with Gasteiger partial charge in [-0.1, -0.05) is 18.2 Å². The van der Waals surface area contributed by atoms with Crippen LogP contribution in [0.15, 0.2) is 24.3 Å². The number of hydrogen-bond donors (Lipinski definition) is 2. The van der Waals surface area contributed by atoms with E-state index in [-0.39, 0.29) is 17.7 Å². The minimum absolute atomic E-state index is 0.0717. The Labute approximate surface area is 111 Å². The molecular formula is C13H18F2N2O2. The number of carbonyl (C=O) groups is 1. The summed E-state index contributed by atoms with van der Waals surface area (Å²) in [6.45, 7) is 0.540. The minimum atomic E-state index is -2.89. The largest absolute Gasteiger partial charge is 0.434 e. The molecule has 0 radical (unpaired) electrons. The van der Waals surface area contributed by atoms with E-state index in [1.165, 1.54) is 6.07 Å². The van der Waals surface area contributed by atoms with Crippen molar-refractivity contribution < 1.29 is 18.3 Å². The van der Waals surface area contributed by atoms with Crippen LogP contribution in [0.25, 0.3) is 0 Å². The van der Waals surface area contributed by atoms with Crippen molar-refractivity contribution in [2.45, 2.75) is 32.5 Å². The Bertz CT molecular complexity index is 427. The number of carbonyl (C=O) groups excluding carboxylic acids is 1. The Hall–Kier alpha value is -1.69. The van der Waals surface area contributed by atoms with Gasteiger partial charge in [0.1, 0.15) is 5.75 Å². The van der Waals surface area contributed by atoms with Gasteiger partial charge in [-0.2, -0.15) is 8.78 Å². The van der Waals surface area contributed by atoms with Gasteiger partial charge in [-0.25, -0.2) is 0 Å². The van der Waals surface area contributed by atoms with E-state index in [4.69, 9.17) is 0 Å². The van der Waals surface area contributed by atoms with Crippen molar-refractivity contribution in [2.24, 2.45) is 0 Å². The average Bonchev–Trinajstić information content (AvgIpc) is 2.37. The summed E-state index contributed by atoms with van der Waals surface area (Å²) < 4.78 is 29.0. The molecule has 0 aromatic heterocycles. The van der Waals surface area contributed by atoms with Crippen molar-refractivity contribution >= 4 is 5.91 Å². The number of nitrogens with one attached hydrogen (secondary N) is 2. The zero-order valence-corrected chi connectivity index (χ0v) is 11.1. The quantitative estimate of drug-likeness (QED) is 0.833. The first-order valence-electron chi connectivity index (χ1n) is 5.97. The van der Waals surface area contributed by atoms with Gasteiger partial charge >= 0.3 is 6.61 Å². The third-order valence-electron chi connectivity index (χ3n) is 2.79. The van der Waals surface area contributed by atoms with Gasteiger partial charge in [0.05, 0.1) is 12.1 Å². The zero-order valence-electron chi connectivity index (χ0n) is 11.1. The summed E-state index contributed by atoms with van der Waals surface area (Å²) >= 11 is 0. The van der Waals surface area contributed by atoms with Gasteiger partial charge in [0, 0.05) is 5.56 Å². The van der Waals surface area contributed by atoms with Crippen LogP contribution in [0.4, 0.5) is 8.78 Å². The lowest BCUT2D eigenvalue weighted by Gasteiger charge is -2.20. The molecule has 0 heterocycles. The van der Waals surface area contributed by atoms with Crippen molar-refractivity contribution in [1.29, 1.82) is 0 Å². The molecule has 0 fully saturated rings. The lowest BCUT2D eigenvalue weighted by molar-refractivity contribution is -0.123. The molecule has 2 N–H and O–H groups in total. The molecule has 0 aliphatic heterocycles. The zero-order chi connectivity index (χ0) is 14.4. The fraction of sp³-hybridized carbons (Fsp3) is 0.462. The normalized spacial score (nSPS) is 14.0. The molecule has 0 bridgehead atoms. The molecule has 1 amide bonds. The summed E-state index contributed by atoms with van der Waals surface area (Å²) in [4.78, 5) is 11.7. The van der Waals surface area contributed by atoms with Gasteiger partial charge in [0.25, 0.3) is 0 Å². The van der Waals surface area contributed by atoms with Gasteiger partial charge in [-0.3, -0.25) is 4.79 Å². The second-order valence-electron chi connectivity index (χ2n) is 4.16. The number of rotatable bonds is 6. The van der Waals surface area contributed by atoms with Crippen LogP contribution in [0.5, 0.6) is 5.75 Å². The fourth-order valence-electron chi connectivity index (χ4n) is 1.59. The number of hydrogen-bond acceptors (Lipinski definition) is 3. The van der Waals surface area contributed by atoms with E-state index < -0.39 is 12.7 Å². The lowest BCUT2D eigenvalue weighted by atomic mass is 10.1. The summed E-state index contributed by atoms with van der Waals surface area (Å²) in [6, 6.07) is 5.63. The first kappa shape index (κ1) is 15.4. The van der Waals surface area contributed by atoms with Gasteiger partial charge in [0.2, 0.25) is 5.91 Å². The number of likely N-dealkylation sites (N-methyl/N-ethyl adjacent to an activating group) is 1. The van der Waals surface area contributed by atoms with Crippen LogP contribution in [-0.4, -0.2) is 25.6 Å². The van der Waals surface area contributed by atoms with Crippen molar-refractivity contribution in [3.63, 3.8) is 0 Å². The minimum Gasteiger partial charge on any atom is -0.434 e. The van der Waals surface area contributed by atoms with Crippen molar-refractivity contribution in [3.05, 3.63) is 29.8 Å². The highest BCUT2D eigenvalue weighted by atomic mass is 19.3. The van der Waals surface area contributed by atoms with Crippen LogP contribution in [-0.2, 0) is 4.79 Å². The Morgan fingerprint density at radius 1 is 1.26 bits per heavy atom. The molecule has 1 aromatic rings. The van der Waals surface area contributed by atoms with Crippen molar-refractivity contribution in [1.82, 2.24) is 10.6 Å². The van der Waals surface area contributed by atoms with Gasteiger partial charge < -0.3 is 15.4 Å². The van der Waals surface area contributed by atoms with E-state index in [2.05, 4.69) is 15.4 Å². The number of para-hydroxylation sites is 1. The SMILES string of the molecule is CNC(C)C(=O)NC(C)c1ccccc1OC(F)F. The maximum atomic E-state index is 12.3. The van der Waals surface area contributed by atoms with E-state index in [0.29, 0.717) is 5.56 Å². The Morgan fingerprint density at radius 3 is 2.47 bits per heavy atom. The maximum absolute atomic E-state index is 12.3. The second kappa shape index (κ2) is 7.04. The molecule has 1 rings (SSSR count). The summed E-state index contributed by atoms with van der Waals surface area (Å²) in [6.07, 6.45) is 0. The highest BCUT2D eigenvalue weighted by molar-refractivity contribution is 5.81. The molecule has 4 nitrogen and oxygen atoms in total. The van der Waals surface area contributed by atoms with Crippen LogP contribution in [0, 0.1) is 0 Å². The summed E-state index contributed by atoms with van der Waals surface area (Å²) in [5.74, 6) is -0.135. The van der Waals surface area contributed by atoms with E-state index in [1.807, 2.05) is 0 Å². The Kier molecular flexibility index (Phi) is 5.69. The third kappa shape index (κ3) is 4.48. The Balaban J connectivity index is 2.81. The summed E-state index contributed by atoms with van der Waals surface area (Å²) in [7, 11) is 1.67. The second-order valence-corrected chi connectivity index (χ2v) is 4.16. The van der Waals surface area contributed by atoms with Crippen LogP contribution in [0.1, 0.15) is 25.5 Å². The molecule has 6 heteroatoms. The van der Waals surface area contributed by atoms with Crippen molar-refractivity contribution in [2.75, 3.05) is 7.05 Å². The summed E-state index contributed by atoms with van der Waals surface area (Å²) in [5, 5.41) is 5.54. The van der Waals surface area contributed by atoms with Gasteiger partial charge in [-0.05, 0) is 27.0 Å². The van der Waals surface area contributed by atoms with E-state index in [1.54, 1.807) is 39.1 Å². The molecule has 0 spiro atoms. The molecule has 19 heavy (non-hydrogen) atoms. The van der Waals surface area contributed by atoms with E-state index in [9.17, 15) is 13.6 Å². The molecule has 0 aliphatic rings. The van der Waals surface area contributed by atoms with E-state index in [0.717, 1.165) is 0 Å². The lowest BCUT2D eigenvalue weighted by Crippen LogP contribution is -2.41. The number of ether oxygens (including phenoxy) is 1. The fourth-order valence-corrected chi connectivity index (χ4v) is 1.59. The number of halogens is 2. The predicted molar refractivity (Wildman–Crippen MR) is 68.2 cm³/mol. The highest BCUT2D eigenvalue weighted by Gasteiger charge is 2.18. The van der Waals surface area contributed by atoms with Crippen LogP contribution < -0.4 is 15.4 Å². The molecule has 2 unspecified atom stereocenters. The van der Waals surface area contributed by atoms with Crippen LogP contribution >= 0.6 is 0 Å². The first-order chi connectivity index (χ1) is 8.95. The maximum Gasteiger partial charge on any atom is 0.387 e. The molecular weight excluding hydrogens is 254 g/mol. The molecule has 0 aliphatic carbocycles. The smallest absolute Gasteiger partial charge is 0.387 e. The molecule has 0 saturated heterocycles. The first-order valence-corrected chi connectivity index (χ1v) is 5.97.